The molecule has 1 aromatic carbocycles. The SMILES string of the molecule is Fc1ccc(CNCc2ccon2)cc1. The zero-order chi connectivity index (χ0) is 10.5. The summed E-state index contributed by atoms with van der Waals surface area (Å²) in [6, 6.07) is 8.22. The van der Waals surface area contributed by atoms with Crippen molar-refractivity contribution in [3.63, 3.8) is 0 Å². The van der Waals surface area contributed by atoms with E-state index < -0.39 is 0 Å². The van der Waals surface area contributed by atoms with E-state index in [0.29, 0.717) is 13.1 Å². The van der Waals surface area contributed by atoms with Gasteiger partial charge in [0.1, 0.15) is 12.1 Å². The highest BCUT2D eigenvalue weighted by Crippen LogP contribution is 2.02. The van der Waals surface area contributed by atoms with E-state index in [1.165, 1.54) is 18.4 Å². The standard InChI is InChI=1S/C11H11FN2O/c12-10-3-1-9(2-4-10)7-13-8-11-5-6-15-14-11/h1-6,13H,7-8H2. The van der Waals surface area contributed by atoms with Crippen molar-refractivity contribution in [1.29, 1.82) is 0 Å². The van der Waals surface area contributed by atoms with Gasteiger partial charge in [-0.05, 0) is 17.7 Å². The number of nitrogens with zero attached hydrogens (tertiary/aromatic N) is 1. The van der Waals surface area contributed by atoms with Crippen molar-refractivity contribution in [2.24, 2.45) is 0 Å². The number of halogens is 1. The molecule has 0 aliphatic heterocycles. The summed E-state index contributed by atoms with van der Waals surface area (Å²) in [5.41, 5.74) is 1.90. The Morgan fingerprint density at radius 1 is 1.13 bits per heavy atom. The summed E-state index contributed by atoms with van der Waals surface area (Å²) < 4.78 is 17.3. The Hall–Kier alpha value is -1.68. The molecule has 3 nitrogen and oxygen atoms in total. The molecular formula is C11H11FN2O. The fourth-order valence-corrected chi connectivity index (χ4v) is 1.27. The molecule has 2 rings (SSSR count). The summed E-state index contributed by atoms with van der Waals surface area (Å²) in [7, 11) is 0. The number of hydrogen-bond donors (Lipinski definition) is 1. The minimum atomic E-state index is -0.213. The van der Waals surface area contributed by atoms with E-state index in [-0.39, 0.29) is 5.82 Å². The van der Waals surface area contributed by atoms with Crippen LogP contribution in [0.15, 0.2) is 41.1 Å². The number of rotatable bonds is 4. The number of hydrogen-bond acceptors (Lipinski definition) is 3. The van der Waals surface area contributed by atoms with E-state index in [1.54, 1.807) is 18.2 Å². The van der Waals surface area contributed by atoms with Crippen LogP contribution in [0.4, 0.5) is 4.39 Å². The van der Waals surface area contributed by atoms with Crippen LogP contribution in [0.1, 0.15) is 11.3 Å². The summed E-state index contributed by atoms with van der Waals surface area (Å²) in [5, 5.41) is 6.94. The Morgan fingerprint density at radius 3 is 2.60 bits per heavy atom. The van der Waals surface area contributed by atoms with E-state index in [0.717, 1.165) is 11.3 Å². The summed E-state index contributed by atoms with van der Waals surface area (Å²) >= 11 is 0. The molecule has 4 heteroatoms. The molecule has 15 heavy (non-hydrogen) atoms. The minimum Gasteiger partial charge on any atom is -0.364 e. The second-order valence-electron chi connectivity index (χ2n) is 3.22. The molecule has 0 atom stereocenters. The monoisotopic (exact) mass is 206 g/mol. The highest BCUT2D eigenvalue weighted by Gasteiger charge is 1.96. The lowest BCUT2D eigenvalue weighted by atomic mass is 10.2. The van der Waals surface area contributed by atoms with Gasteiger partial charge in [0.15, 0.2) is 0 Å². The van der Waals surface area contributed by atoms with Gasteiger partial charge in [-0.15, -0.1) is 0 Å². The van der Waals surface area contributed by atoms with Crippen molar-refractivity contribution in [3.05, 3.63) is 53.7 Å². The first kappa shape index (κ1) is 9.86. The number of nitrogens with one attached hydrogen (secondary N) is 1. The van der Waals surface area contributed by atoms with Gasteiger partial charge in [-0.2, -0.15) is 0 Å². The Labute approximate surface area is 86.9 Å². The molecule has 0 saturated carbocycles. The lowest BCUT2D eigenvalue weighted by Crippen LogP contribution is -2.12. The molecule has 0 fully saturated rings. The van der Waals surface area contributed by atoms with E-state index in [4.69, 9.17) is 4.52 Å². The topological polar surface area (TPSA) is 38.1 Å². The minimum absolute atomic E-state index is 0.213. The Bertz CT molecular complexity index is 397. The van der Waals surface area contributed by atoms with Gasteiger partial charge in [0.25, 0.3) is 0 Å². The van der Waals surface area contributed by atoms with Crippen molar-refractivity contribution < 1.29 is 8.91 Å². The van der Waals surface area contributed by atoms with Gasteiger partial charge in [-0.25, -0.2) is 4.39 Å². The molecule has 0 aliphatic carbocycles. The number of aromatic nitrogens is 1. The smallest absolute Gasteiger partial charge is 0.124 e. The highest BCUT2D eigenvalue weighted by molar-refractivity contribution is 5.15. The molecule has 0 unspecified atom stereocenters. The fourth-order valence-electron chi connectivity index (χ4n) is 1.27. The average molecular weight is 206 g/mol. The largest absolute Gasteiger partial charge is 0.364 e. The molecule has 0 bridgehead atoms. The van der Waals surface area contributed by atoms with Crippen LogP contribution in [0.3, 0.4) is 0 Å². The van der Waals surface area contributed by atoms with E-state index >= 15 is 0 Å². The molecule has 78 valence electrons. The molecule has 0 saturated heterocycles. The Morgan fingerprint density at radius 2 is 1.93 bits per heavy atom. The van der Waals surface area contributed by atoms with Crippen LogP contribution in [0.2, 0.25) is 0 Å². The Balaban J connectivity index is 1.81. The van der Waals surface area contributed by atoms with Crippen LogP contribution in [-0.4, -0.2) is 5.16 Å². The van der Waals surface area contributed by atoms with E-state index in [2.05, 4.69) is 10.5 Å². The van der Waals surface area contributed by atoms with Gasteiger partial charge in [0, 0.05) is 19.2 Å². The predicted octanol–water partition coefficient (Wildman–Crippen LogP) is 2.10. The third kappa shape index (κ3) is 2.89. The van der Waals surface area contributed by atoms with Crippen molar-refractivity contribution >= 4 is 0 Å². The first-order valence-corrected chi connectivity index (χ1v) is 4.69. The summed E-state index contributed by atoms with van der Waals surface area (Å²) in [5.74, 6) is -0.213. The molecule has 1 N–H and O–H groups in total. The molecule has 0 aliphatic rings. The van der Waals surface area contributed by atoms with Crippen molar-refractivity contribution in [2.75, 3.05) is 0 Å². The third-order valence-electron chi connectivity index (χ3n) is 2.04. The van der Waals surface area contributed by atoms with Crippen molar-refractivity contribution in [2.45, 2.75) is 13.1 Å². The van der Waals surface area contributed by atoms with Crippen molar-refractivity contribution in [1.82, 2.24) is 10.5 Å². The van der Waals surface area contributed by atoms with Crippen LogP contribution < -0.4 is 5.32 Å². The van der Waals surface area contributed by atoms with Crippen LogP contribution in [0.25, 0.3) is 0 Å². The van der Waals surface area contributed by atoms with Crippen LogP contribution >= 0.6 is 0 Å². The molecule has 1 aromatic heterocycles. The molecule has 2 aromatic rings. The summed E-state index contributed by atoms with van der Waals surface area (Å²) in [6.07, 6.45) is 1.54. The fraction of sp³-hybridized carbons (Fsp3) is 0.182. The van der Waals surface area contributed by atoms with Crippen LogP contribution in [0, 0.1) is 5.82 Å². The lowest BCUT2D eigenvalue weighted by Gasteiger charge is -2.02. The maximum absolute atomic E-state index is 12.6. The normalized spacial score (nSPS) is 10.5. The summed E-state index contributed by atoms with van der Waals surface area (Å²) in [6.45, 7) is 1.33. The summed E-state index contributed by atoms with van der Waals surface area (Å²) in [4.78, 5) is 0. The van der Waals surface area contributed by atoms with Gasteiger partial charge in [0.2, 0.25) is 0 Å². The van der Waals surface area contributed by atoms with Gasteiger partial charge in [0.05, 0.1) is 5.69 Å². The maximum atomic E-state index is 12.6. The van der Waals surface area contributed by atoms with Crippen LogP contribution in [0.5, 0.6) is 0 Å². The van der Waals surface area contributed by atoms with Gasteiger partial charge >= 0.3 is 0 Å². The molecular weight excluding hydrogens is 195 g/mol. The molecule has 0 spiro atoms. The molecule has 0 amide bonds. The first-order chi connectivity index (χ1) is 7.34. The second kappa shape index (κ2) is 4.70. The zero-order valence-electron chi connectivity index (χ0n) is 8.11. The van der Waals surface area contributed by atoms with Crippen molar-refractivity contribution in [3.8, 4) is 0 Å². The second-order valence-corrected chi connectivity index (χ2v) is 3.22. The van der Waals surface area contributed by atoms with E-state index in [1.807, 2.05) is 0 Å². The van der Waals surface area contributed by atoms with Gasteiger partial charge in [-0.3, -0.25) is 0 Å². The quantitative estimate of drug-likeness (QED) is 0.832. The Kier molecular flexibility index (Phi) is 3.09. The third-order valence-corrected chi connectivity index (χ3v) is 2.04. The first-order valence-electron chi connectivity index (χ1n) is 4.69. The predicted molar refractivity (Wildman–Crippen MR) is 53.4 cm³/mol. The maximum Gasteiger partial charge on any atom is 0.124 e. The average Bonchev–Trinajstić information content (AvgIpc) is 2.74. The van der Waals surface area contributed by atoms with Crippen LogP contribution in [-0.2, 0) is 13.1 Å². The van der Waals surface area contributed by atoms with Gasteiger partial charge in [-0.1, -0.05) is 17.3 Å². The van der Waals surface area contributed by atoms with E-state index in [9.17, 15) is 4.39 Å². The molecule has 1 heterocycles. The highest BCUT2D eigenvalue weighted by atomic mass is 19.1. The molecule has 0 radical (unpaired) electrons. The lowest BCUT2D eigenvalue weighted by molar-refractivity contribution is 0.408. The number of benzene rings is 1. The zero-order valence-corrected chi connectivity index (χ0v) is 8.11. The van der Waals surface area contributed by atoms with Gasteiger partial charge < -0.3 is 9.84 Å².